The number of carbonyl (C=O) groups is 2. The van der Waals surface area contributed by atoms with Gasteiger partial charge in [-0.2, -0.15) is 0 Å². The Morgan fingerprint density at radius 1 is 1.26 bits per heavy atom. The van der Waals surface area contributed by atoms with Crippen LogP contribution in [-0.2, 0) is 9.59 Å². The van der Waals surface area contributed by atoms with E-state index in [-0.39, 0.29) is 25.6 Å². The molecule has 98 valence electrons. The Labute approximate surface area is 119 Å². The van der Waals surface area contributed by atoms with Crippen LogP contribution >= 0.6 is 0 Å². The summed E-state index contributed by atoms with van der Waals surface area (Å²) in [7, 11) is 0. The molecule has 19 heavy (non-hydrogen) atoms. The minimum absolute atomic E-state index is 0.0628. The van der Waals surface area contributed by atoms with Crippen molar-refractivity contribution in [3.05, 3.63) is 40.4 Å². The van der Waals surface area contributed by atoms with Crippen molar-refractivity contribution in [2.24, 2.45) is 11.8 Å². The molecule has 2 aliphatic carbocycles. The molecular formula is C16H16O2Se. The normalized spacial score (nSPS) is 25.8. The number of allylic oxidation sites excluding steroid dienone is 2. The average Bonchev–Trinajstić information content (AvgIpc) is 2.37. The second kappa shape index (κ2) is 5.07. The van der Waals surface area contributed by atoms with Gasteiger partial charge in [0.2, 0.25) is 0 Å². The van der Waals surface area contributed by atoms with Gasteiger partial charge in [-0.1, -0.05) is 0 Å². The first-order valence-corrected chi connectivity index (χ1v) is 8.40. The molecule has 0 saturated heterocycles. The molecule has 1 fully saturated rings. The summed E-state index contributed by atoms with van der Waals surface area (Å²) in [5.41, 5.74) is 2.51. The number of Topliss-reactive ketones (excluding diaryl/α,β-unsaturated/α-hetero) is 1. The van der Waals surface area contributed by atoms with Gasteiger partial charge in [-0.25, -0.2) is 0 Å². The molecule has 0 amide bonds. The summed E-state index contributed by atoms with van der Waals surface area (Å²) in [4.78, 5) is 23.6. The fourth-order valence-corrected chi connectivity index (χ4v) is 5.52. The number of ketones is 1. The summed E-state index contributed by atoms with van der Waals surface area (Å²) in [6.45, 7) is 1.64. The van der Waals surface area contributed by atoms with E-state index >= 15 is 0 Å². The Morgan fingerprint density at radius 2 is 2.00 bits per heavy atom. The summed E-state index contributed by atoms with van der Waals surface area (Å²) in [6, 6.07) is 10.3. The molecule has 3 heteroatoms. The van der Waals surface area contributed by atoms with Gasteiger partial charge in [-0.3, -0.25) is 0 Å². The Bertz CT molecular complexity index is 559. The van der Waals surface area contributed by atoms with E-state index in [1.54, 1.807) is 6.92 Å². The van der Waals surface area contributed by atoms with E-state index in [9.17, 15) is 9.59 Å². The van der Waals surface area contributed by atoms with Crippen LogP contribution in [0, 0.1) is 11.8 Å². The van der Waals surface area contributed by atoms with Crippen LogP contribution in [0.2, 0.25) is 0 Å². The molecule has 3 rings (SSSR count). The molecule has 0 radical (unpaired) electrons. The van der Waals surface area contributed by atoms with Gasteiger partial charge in [0.05, 0.1) is 0 Å². The molecule has 0 spiro atoms. The number of fused-ring (bicyclic) bond motifs is 1. The minimum atomic E-state index is -0.167. The van der Waals surface area contributed by atoms with Crippen LogP contribution in [0.25, 0.3) is 5.57 Å². The third kappa shape index (κ3) is 2.22. The van der Waals surface area contributed by atoms with E-state index in [0.29, 0.717) is 18.1 Å². The van der Waals surface area contributed by atoms with Gasteiger partial charge in [-0.15, -0.1) is 0 Å². The SMILES string of the molecule is CC(=O)[Se]C1=C(c2ccccc2)[C@@H]2CCCC(=O)[C@H]12. The van der Waals surface area contributed by atoms with E-state index in [1.165, 1.54) is 11.1 Å². The first-order valence-electron chi connectivity index (χ1n) is 6.69. The second-order valence-corrected chi connectivity index (χ2v) is 7.74. The number of hydrogen-bond donors (Lipinski definition) is 0. The predicted molar refractivity (Wildman–Crippen MR) is 75.6 cm³/mol. The molecule has 0 aromatic heterocycles. The van der Waals surface area contributed by atoms with Gasteiger partial charge in [0.25, 0.3) is 0 Å². The Morgan fingerprint density at radius 3 is 2.68 bits per heavy atom. The summed E-state index contributed by atoms with van der Waals surface area (Å²) in [5, 5.41) is 0. The van der Waals surface area contributed by atoms with Crippen molar-refractivity contribution in [2.75, 3.05) is 0 Å². The van der Waals surface area contributed by atoms with E-state index in [4.69, 9.17) is 0 Å². The molecule has 1 aromatic rings. The molecule has 1 aromatic carbocycles. The van der Waals surface area contributed by atoms with Crippen LogP contribution in [0.15, 0.2) is 34.8 Å². The number of benzene rings is 1. The van der Waals surface area contributed by atoms with E-state index < -0.39 is 0 Å². The Balaban J connectivity index is 2.03. The van der Waals surface area contributed by atoms with Gasteiger partial charge < -0.3 is 0 Å². The molecule has 0 bridgehead atoms. The molecule has 0 heterocycles. The van der Waals surface area contributed by atoms with Crippen molar-refractivity contribution in [3.63, 3.8) is 0 Å². The van der Waals surface area contributed by atoms with Gasteiger partial charge >= 0.3 is 119 Å². The van der Waals surface area contributed by atoms with Crippen LogP contribution in [0.4, 0.5) is 0 Å². The molecule has 2 atom stereocenters. The van der Waals surface area contributed by atoms with Crippen LogP contribution < -0.4 is 0 Å². The van der Waals surface area contributed by atoms with Crippen molar-refractivity contribution in [1.29, 1.82) is 0 Å². The fraction of sp³-hybridized carbons (Fsp3) is 0.375. The summed E-state index contributed by atoms with van der Waals surface area (Å²) in [5.74, 6) is 0.793. The van der Waals surface area contributed by atoms with Crippen molar-refractivity contribution in [3.8, 4) is 0 Å². The van der Waals surface area contributed by atoms with Crippen LogP contribution in [-0.4, -0.2) is 25.4 Å². The maximum absolute atomic E-state index is 12.1. The van der Waals surface area contributed by atoms with E-state index in [2.05, 4.69) is 12.1 Å². The standard InChI is InChI=1S/C16H16O2Se/c1-10(17)19-16-14(11-6-3-2-4-7-11)12-8-5-9-13(18)15(12)16/h2-4,6-7,12,15H,5,8-9H2,1H3/t12-,15+/m0/s1. The number of rotatable bonds is 3. The van der Waals surface area contributed by atoms with Crippen molar-refractivity contribution >= 4 is 31.0 Å². The molecule has 2 nitrogen and oxygen atoms in total. The second-order valence-electron chi connectivity index (χ2n) is 5.18. The van der Waals surface area contributed by atoms with Crippen LogP contribution in [0.1, 0.15) is 31.7 Å². The van der Waals surface area contributed by atoms with Crippen molar-refractivity contribution in [2.45, 2.75) is 26.2 Å². The van der Waals surface area contributed by atoms with E-state index in [0.717, 1.165) is 17.3 Å². The van der Waals surface area contributed by atoms with Gasteiger partial charge in [0.1, 0.15) is 0 Å². The fourth-order valence-electron chi connectivity index (χ4n) is 3.18. The summed E-state index contributed by atoms with van der Waals surface area (Å²) < 4.78 is 1.37. The monoisotopic (exact) mass is 320 g/mol. The van der Waals surface area contributed by atoms with Crippen molar-refractivity contribution < 1.29 is 9.59 Å². The summed E-state index contributed by atoms with van der Waals surface area (Å²) >= 11 is -0.167. The van der Waals surface area contributed by atoms with Gasteiger partial charge in [0, 0.05) is 0 Å². The Hall–Kier alpha value is -1.18. The van der Waals surface area contributed by atoms with Crippen molar-refractivity contribution in [1.82, 2.24) is 0 Å². The van der Waals surface area contributed by atoms with Gasteiger partial charge in [0.15, 0.2) is 0 Å². The summed E-state index contributed by atoms with van der Waals surface area (Å²) in [6.07, 6.45) is 2.79. The zero-order valence-corrected chi connectivity index (χ0v) is 12.6. The maximum atomic E-state index is 12.1. The number of hydrogen-bond acceptors (Lipinski definition) is 2. The van der Waals surface area contributed by atoms with Crippen LogP contribution in [0.5, 0.6) is 0 Å². The predicted octanol–water partition coefficient (Wildman–Crippen LogP) is 2.65. The van der Waals surface area contributed by atoms with Gasteiger partial charge in [-0.05, 0) is 0 Å². The molecule has 0 unspecified atom stereocenters. The zero-order chi connectivity index (χ0) is 13.4. The molecule has 0 N–H and O–H groups in total. The molecule has 1 saturated carbocycles. The first-order chi connectivity index (χ1) is 9.18. The van der Waals surface area contributed by atoms with Crippen LogP contribution in [0.3, 0.4) is 0 Å². The molecular weight excluding hydrogens is 303 g/mol. The quantitative estimate of drug-likeness (QED) is 0.803. The zero-order valence-electron chi connectivity index (χ0n) is 10.9. The third-order valence-electron chi connectivity index (χ3n) is 3.94. The first kappa shape index (κ1) is 12.8. The third-order valence-corrected chi connectivity index (χ3v) is 6.00. The Kier molecular flexibility index (Phi) is 3.42. The molecule has 2 aliphatic rings. The van der Waals surface area contributed by atoms with E-state index in [1.807, 2.05) is 18.2 Å². The number of carbonyl (C=O) groups excluding carboxylic acids is 2. The topological polar surface area (TPSA) is 34.1 Å². The average molecular weight is 319 g/mol. The molecule has 0 aliphatic heterocycles.